The molecule has 2 atom stereocenters. The van der Waals surface area contributed by atoms with E-state index in [1.54, 1.807) is 11.3 Å². The largest absolute Gasteiger partial charge is 0.463 e. The van der Waals surface area contributed by atoms with E-state index in [0.717, 1.165) is 34.7 Å². The van der Waals surface area contributed by atoms with Crippen LogP contribution >= 0.6 is 11.3 Å². The van der Waals surface area contributed by atoms with Crippen LogP contribution in [0.25, 0.3) is 10.2 Å². The SMILES string of the molecule is O=C(O[C@@H]1CCOC1=O)[C@@H]1CCCN(c2nc3ccccc3s2)C1. The lowest BCUT2D eigenvalue weighted by Gasteiger charge is -2.31. The zero-order valence-electron chi connectivity index (χ0n) is 13.1. The number of carbonyl (C=O) groups excluding carboxylic acids is 2. The molecule has 0 radical (unpaired) electrons. The summed E-state index contributed by atoms with van der Waals surface area (Å²) in [5.41, 5.74) is 0.982. The number of hydrogen-bond acceptors (Lipinski definition) is 7. The van der Waals surface area contributed by atoms with E-state index < -0.39 is 12.1 Å². The number of rotatable bonds is 3. The van der Waals surface area contributed by atoms with E-state index in [9.17, 15) is 9.59 Å². The summed E-state index contributed by atoms with van der Waals surface area (Å²) in [7, 11) is 0. The molecule has 1 aromatic heterocycles. The van der Waals surface area contributed by atoms with Gasteiger partial charge in [0.15, 0.2) is 5.13 Å². The van der Waals surface area contributed by atoms with Crippen LogP contribution in [-0.4, -0.2) is 42.7 Å². The van der Waals surface area contributed by atoms with Crippen LogP contribution in [0.1, 0.15) is 19.3 Å². The number of ether oxygens (including phenoxy) is 2. The lowest BCUT2D eigenvalue weighted by Crippen LogP contribution is -2.40. The number of cyclic esters (lactones) is 1. The van der Waals surface area contributed by atoms with E-state index in [2.05, 4.69) is 16.0 Å². The topological polar surface area (TPSA) is 68.7 Å². The molecule has 2 aliphatic heterocycles. The Kier molecular flexibility index (Phi) is 4.10. The Hall–Kier alpha value is -2.15. The second-order valence-corrected chi connectivity index (χ2v) is 7.14. The molecule has 2 saturated heterocycles. The molecule has 0 bridgehead atoms. The number of piperidine rings is 1. The number of esters is 2. The molecule has 0 saturated carbocycles. The Morgan fingerprint density at radius 3 is 3.00 bits per heavy atom. The van der Waals surface area contributed by atoms with E-state index in [1.807, 2.05) is 18.2 Å². The predicted molar refractivity (Wildman–Crippen MR) is 90.0 cm³/mol. The highest BCUT2D eigenvalue weighted by molar-refractivity contribution is 7.22. The van der Waals surface area contributed by atoms with Crippen LogP contribution in [0, 0.1) is 5.92 Å². The van der Waals surface area contributed by atoms with E-state index in [-0.39, 0.29) is 11.9 Å². The van der Waals surface area contributed by atoms with Crippen molar-refractivity contribution in [1.82, 2.24) is 4.98 Å². The highest BCUT2D eigenvalue weighted by atomic mass is 32.1. The van der Waals surface area contributed by atoms with Crippen molar-refractivity contribution in [3.05, 3.63) is 24.3 Å². The van der Waals surface area contributed by atoms with Crippen molar-refractivity contribution in [2.24, 2.45) is 5.92 Å². The normalized spacial score (nSPS) is 24.2. The van der Waals surface area contributed by atoms with E-state index in [4.69, 9.17) is 9.47 Å². The van der Waals surface area contributed by atoms with Gasteiger partial charge in [-0.25, -0.2) is 9.78 Å². The Morgan fingerprint density at radius 1 is 1.33 bits per heavy atom. The van der Waals surface area contributed by atoms with Crippen LogP contribution in [0.5, 0.6) is 0 Å². The average molecular weight is 346 g/mol. The molecule has 126 valence electrons. The fourth-order valence-corrected chi connectivity index (χ4v) is 4.16. The molecule has 0 spiro atoms. The molecule has 0 N–H and O–H groups in total. The molecular weight excluding hydrogens is 328 g/mol. The van der Waals surface area contributed by atoms with Crippen LogP contribution < -0.4 is 4.90 Å². The molecule has 4 rings (SSSR count). The Bertz CT molecular complexity index is 742. The predicted octanol–water partition coefficient (Wildman–Crippen LogP) is 2.37. The number of nitrogens with zero attached hydrogens (tertiary/aromatic N) is 2. The number of thiazole rings is 1. The number of aromatic nitrogens is 1. The Morgan fingerprint density at radius 2 is 2.21 bits per heavy atom. The minimum absolute atomic E-state index is 0.223. The van der Waals surface area contributed by atoms with Crippen LogP contribution in [0.15, 0.2) is 24.3 Å². The first-order chi connectivity index (χ1) is 11.7. The number of hydrogen-bond donors (Lipinski definition) is 0. The summed E-state index contributed by atoms with van der Waals surface area (Å²) in [6.07, 6.45) is 1.42. The summed E-state index contributed by atoms with van der Waals surface area (Å²) in [6.45, 7) is 1.80. The van der Waals surface area contributed by atoms with Gasteiger partial charge in [-0.3, -0.25) is 4.79 Å². The van der Waals surface area contributed by atoms with Gasteiger partial charge in [0.25, 0.3) is 0 Å². The van der Waals surface area contributed by atoms with Crippen molar-refractivity contribution in [1.29, 1.82) is 0 Å². The van der Waals surface area contributed by atoms with Crippen LogP contribution in [0.3, 0.4) is 0 Å². The van der Waals surface area contributed by atoms with Gasteiger partial charge in [-0.2, -0.15) is 0 Å². The monoisotopic (exact) mass is 346 g/mol. The molecular formula is C17H18N2O4S. The van der Waals surface area contributed by atoms with Gasteiger partial charge in [-0.15, -0.1) is 0 Å². The molecule has 24 heavy (non-hydrogen) atoms. The van der Waals surface area contributed by atoms with Crippen LogP contribution in [-0.2, 0) is 19.1 Å². The summed E-state index contributed by atoms with van der Waals surface area (Å²) in [6, 6.07) is 8.03. The molecule has 0 unspecified atom stereocenters. The lowest BCUT2D eigenvalue weighted by molar-refractivity contribution is -0.163. The van der Waals surface area contributed by atoms with Gasteiger partial charge in [-0.1, -0.05) is 23.5 Å². The zero-order valence-corrected chi connectivity index (χ0v) is 14.0. The summed E-state index contributed by atoms with van der Waals surface area (Å²) < 4.78 is 11.3. The third kappa shape index (κ3) is 2.96. The van der Waals surface area contributed by atoms with Crippen molar-refractivity contribution < 1.29 is 19.1 Å². The maximum absolute atomic E-state index is 12.4. The zero-order chi connectivity index (χ0) is 16.5. The highest BCUT2D eigenvalue weighted by Gasteiger charge is 2.34. The summed E-state index contributed by atoms with van der Waals surface area (Å²) in [5, 5.41) is 0.939. The van der Waals surface area contributed by atoms with Crippen molar-refractivity contribution in [3.63, 3.8) is 0 Å². The average Bonchev–Trinajstić information content (AvgIpc) is 3.21. The maximum atomic E-state index is 12.4. The Labute approximate surface area is 143 Å². The van der Waals surface area contributed by atoms with Gasteiger partial charge in [-0.05, 0) is 25.0 Å². The van der Waals surface area contributed by atoms with Crippen LogP contribution in [0.2, 0.25) is 0 Å². The first kappa shape index (κ1) is 15.4. The van der Waals surface area contributed by atoms with Gasteiger partial charge in [0.2, 0.25) is 6.10 Å². The highest BCUT2D eigenvalue weighted by Crippen LogP contribution is 2.32. The third-order valence-corrected chi connectivity index (χ3v) is 5.55. The van der Waals surface area contributed by atoms with Gasteiger partial charge in [0.05, 0.1) is 22.7 Å². The molecule has 6 nitrogen and oxygen atoms in total. The number of fused-ring (bicyclic) bond motifs is 1. The summed E-state index contributed by atoms with van der Waals surface area (Å²) >= 11 is 1.64. The molecule has 7 heteroatoms. The number of benzene rings is 1. The standard InChI is InChI=1S/C17H18N2O4S/c20-15(23-13-7-9-22-16(13)21)11-4-3-8-19(10-11)17-18-12-5-1-2-6-14(12)24-17/h1-2,5-6,11,13H,3-4,7-10H2/t11-,13-/m1/s1. The minimum atomic E-state index is -0.727. The van der Waals surface area contributed by atoms with E-state index >= 15 is 0 Å². The van der Waals surface area contributed by atoms with Gasteiger partial charge >= 0.3 is 11.9 Å². The van der Waals surface area contributed by atoms with Crippen molar-refractivity contribution >= 4 is 38.6 Å². The van der Waals surface area contributed by atoms with Gasteiger partial charge in [0.1, 0.15) is 0 Å². The van der Waals surface area contributed by atoms with E-state index in [0.29, 0.717) is 19.6 Å². The number of carbonyl (C=O) groups is 2. The molecule has 1 aromatic carbocycles. The van der Waals surface area contributed by atoms with Crippen LogP contribution in [0.4, 0.5) is 5.13 Å². The fraction of sp³-hybridized carbons (Fsp3) is 0.471. The van der Waals surface area contributed by atoms with Crippen molar-refractivity contribution in [3.8, 4) is 0 Å². The van der Waals surface area contributed by atoms with Gasteiger partial charge in [0, 0.05) is 19.5 Å². The molecule has 2 aliphatic rings. The smallest absolute Gasteiger partial charge is 0.347 e. The fourth-order valence-electron chi connectivity index (χ4n) is 3.16. The molecule has 2 fully saturated rings. The lowest BCUT2D eigenvalue weighted by atomic mass is 9.98. The maximum Gasteiger partial charge on any atom is 0.347 e. The second-order valence-electron chi connectivity index (χ2n) is 6.13. The quantitative estimate of drug-likeness (QED) is 0.795. The number of para-hydroxylation sites is 1. The van der Waals surface area contributed by atoms with Gasteiger partial charge < -0.3 is 14.4 Å². The third-order valence-electron chi connectivity index (χ3n) is 4.45. The molecule has 0 aliphatic carbocycles. The summed E-state index contributed by atoms with van der Waals surface area (Å²) in [5.74, 6) is -0.953. The first-order valence-electron chi connectivity index (χ1n) is 8.18. The minimum Gasteiger partial charge on any atom is -0.463 e. The van der Waals surface area contributed by atoms with Crippen molar-refractivity contribution in [2.75, 3.05) is 24.6 Å². The second kappa shape index (κ2) is 6.39. The van der Waals surface area contributed by atoms with E-state index in [1.165, 1.54) is 0 Å². The number of anilines is 1. The summed E-state index contributed by atoms with van der Waals surface area (Å²) in [4.78, 5) is 30.6. The molecule has 3 heterocycles. The molecule has 0 amide bonds. The molecule has 2 aromatic rings. The Balaban J connectivity index is 1.45. The first-order valence-corrected chi connectivity index (χ1v) is 9.00. The van der Waals surface area contributed by atoms with Crippen molar-refractivity contribution in [2.45, 2.75) is 25.4 Å².